The lowest BCUT2D eigenvalue weighted by molar-refractivity contribution is 0.102. The van der Waals surface area contributed by atoms with Gasteiger partial charge < -0.3 is 5.32 Å². The van der Waals surface area contributed by atoms with Crippen LogP contribution in [-0.4, -0.2) is 5.91 Å². The lowest BCUT2D eigenvalue weighted by atomic mass is 10.2. The number of amides is 1. The summed E-state index contributed by atoms with van der Waals surface area (Å²) in [6.45, 7) is 0. The van der Waals surface area contributed by atoms with Crippen LogP contribution >= 0.6 is 27.5 Å². The van der Waals surface area contributed by atoms with E-state index in [9.17, 15) is 13.6 Å². The average Bonchev–Trinajstić information content (AvgIpc) is 2.37. The van der Waals surface area contributed by atoms with Crippen molar-refractivity contribution in [2.75, 3.05) is 5.32 Å². The molecule has 0 aliphatic rings. The van der Waals surface area contributed by atoms with Crippen LogP contribution in [0.3, 0.4) is 0 Å². The lowest BCUT2D eigenvalue weighted by Gasteiger charge is -2.06. The van der Waals surface area contributed by atoms with Gasteiger partial charge >= 0.3 is 0 Å². The molecule has 0 unspecified atom stereocenters. The van der Waals surface area contributed by atoms with E-state index in [1.165, 1.54) is 30.3 Å². The first-order valence-electron chi connectivity index (χ1n) is 5.19. The minimum Gasteiger partial charge on any atom is -0.322 e. The van der Waals surface area contributed by atoms with E-state index in [4.69, 9.17) is 11.6 Å². The van der Waals surface area contributed by atoms with Gasteiger partial charge in [0.05, 0.1) is 9.50 Å². The van der Waals surface area contributed by atoms with E-state index < -0.39 is 17.5 Å². The highest BCUT2D eigenvalue weighted by Crippen LogP contribution is 2.21. The van der Waals surface area contributed by atoms with Crippen LogP contribution in [0.25, 0.3) is 0 Å². The number of hydrogen-bond acceptors (Lipinski definition) is 1. The lowest BCUT2D eigenvalue weighted by Crippen LogP contribution is -2.12. The van der Waals surface area contributed by atoms with E-state index in [-0.39, 0.29) is 15.1 Å². The number of hydrogen-bond donors (Lipinski definition) is 1. The molecule has 2 rings (SSSR count). The largest absolute Gasteiger partial charge is 0.322 e. The van der Waals surface area contributed by atoms with Crippen molar-refractivity contribution in [2.45, 2.75) is 0 Å². The molecule has 0 fully saturated rings. The van der Waals surface area contributed by atoms with Crippen LogP contribution in [0, 0.1) is 11.6 Å². The molecule has 0 spiro atoms. The van der Waals surface area contributed by atoms with Gasteiger partial charge in [0.2, 0.25) is 0 Å². The Morgan fingerprint density at radius 2 is 1.79 bits per heavy atom. The highest BCUT2D eigenvalue weighted by Gasteiger charge is 2.10. The van der Waals surface area contributed by atoms with Gasteiger partial charge in [0.15, 0.2) is 0 Å². The molecule has 0 bridgehead atoms. The van der Waals surface area contributed by atoms with Gasteiger partial charge in [0.1, 0.15) is 11.6 Å². The molecule has 0 heterocycles. The van der Waals surface area contributed by atoms with Crippen LogP contribution in [-0.2, 0) is 0 Å². The monoisotopic (exact) mass is 345 g/mol. The van der Waals surface area contributed by atoms with Crippen molar-refractivity contribution in [3.05, 3.63) is 63.1 Å². The predicted molar refractivity (Wildman–Crippen MR) is 73.5 cm³/mol. The standard InChI is InChI=1S/C13H7BrClF2NO/c14-9-5-7(1-3-11(9)16)13(19)18-8-2-4-12(17)10(15)6-8/h1-6H,(H,18,19). The summed E-state index contributed by atoms with van der Waals surface area (Å²) < 4.78 is 26.2. The first kappa shape index (κ1) is 14.0. The van der Waals surface area contributed by atoms with Crippen molar-refractivity contribution >= 4 is 39.1 Å². The van der Waals surface area contributed by atoms with Gasteiger partial charge in [0.25, 0.3) is 5.91 Å². The molecule has 0 aliphatic carbocycles. The molecule has 6 heteroatoms. The minimum atomic E-state index is -0.566. The zero-order valence-corrected chi connectivity index (χ0v) is 11.7. The fourth-order valence-electron chi connectivity index (χ4n) is 1.41. The molecular formula is C13H7BrClF2NO. The van der Waals surface area contributed by atoms with Crippen molar-refractivity contribution in [1.29, 1.82) is 0 Å². The number of carbonyl (C=O) groups excluding carboxylic acids is 1. The highest BCUT2D eigenvalue weighted by molar-refractivity contribution is 9.10. The second kappa shape index (κ2) is 5.67. The molecule has 19 heavy (non-hydrogen) atoms. The number of benzene rings is 2. The molecule has 1 N–H and O–H groups in total. The third kappa shape index (κ3) is 3.30. The number of carbonyl (C=O) groups is 1. The second-order valence-electron chi connectivity index (χ2n) is 3.71. The second-order valence-corrected chi connectivity index (χ2v) is 4.97. The van der Waals surface area contributed by atoms with Gasteiger partial charge in [-0.3, -0.25) is 4.79 Å². The normalized spacial score (nSPS) is 10.3. The fraction of sp³-hybridized carbons (Fsp3) is 0. The summed E-state index contributed by atoms with van der Waals surface area (Å²) in [5.41, 5.74) is 0.630. The Kier molecular flexibility index (Phi) is 4.17. The number of halogens is 4. The summed E-state index contributed by atoms with van der Waals surface area (Å²) in [5, 5.41) is 2.45. The third-order valence-corrected chi connectivity index (χ3v) is 3.26. The molecule has 2 nitrogen and oxygen atoms in total. The number of anilines is 1. The summed E-state index contributed by atoms with van der Waals surface area (Å²) >= 11 is 8.60. The molecule has 0 saturated carbocycles. The van der Waals surface area contributed by atoms with Crippen LogP contribution in [0.4, 0.5) is 14.5 Å². The summed E-state index contributed by atoms with van der Waals surface area (Å²) in [6, 6.07) is 7.72. The maximum absolute atomic E-state index is 13.0. The minimum absolute atomic E-state index is 0.0851. The summed E-state index contributed by atoms with van der Waals surface area (Å²) in [4.78, 5) is 11.9. The van der Waals surface area contributed by atoms with Gasteiger partial charge in [-0.25, -0.2) is 8.78 Å². The van der Waals surface area contributed by atoms with Gasteiger partial charge in [-0.05, 0) is 52.3 Å². The molecule has 0 aliphatic heterocycles. The Balaban J connectivity index is 2.20. The van der Waals surface area contributed by atoms with Crippen molar-refractivity contribution in [1.82, 2.24) is 0 Å². The molecule has 2 aromatic rings. The molecule has 1 amide bonds. The van der Waals surface area contributed by atoms with Crippen LogP contribution < -0.4 is 5.32 Å². The molecule has 0 saturated heterocycles. The molecule has 0 aromatic heterocycles. The van der Waals surface area contributed by atoms with Crippen LogP contribution in [0.15, 0.2) is 40.9 Å². The molecule has 2 aromatic carbocycles. The van der Waals surface area contributed by atoms with Gasteiger partial charge in [-0.15, -0.1) is 0 Å². The van der Waals surface area contributed by atoms with Crippen LogP contribution in [0.1, 0.15) is 10.4 Å². The van der Waals surface area contributed by atoms with Gasteiger partial charge in [-0.2, -0.15) is 0 Å². The Morgan fingerprint density at radius 1 is 1.11 bits per heavy atom. The van der Waals surface area contributed by atoms with E-state index in [0.29, 0.717) is 5.69 Å². The summed E-state index contributed by atoms with van der Waals surface area (Å²) in [6.07, 6.45) is 0. The Morgan fingerprint density at radius 3 is 2.42 bits per heavy atom. The topological polar surface area (TPSA) is 29.1 Å². The molecular weight excluding hydrogens is 340 g/mol. The summed E-state index contributed by atoms with van der Waals surface area (Å²) in [7, 11) is 0. The first-order chi connectivity index (χ1) is 8.97. The summed E-state index contributed by atoms with van der Waals surface area (Å²) in [5.74, 6) is -1.46. The Hall–Kier alpha value is -1.46. The Bertz CT molecular complexity index is 649. The molecule has 0 radical (unpaired) electrons. The van der Waals surface area contributed by atoms with Crippen LogP contribution in [0.5, 0.6) is 0 Å². The maximum atomic E-state index is 13.0. The zero-order chi connectivity index (χ0) is 14.0. The predicted octanol–water partition coefficient (Wildman–Crippen LogP) is 4.63. The fourth-order valence-corrected chi connectivity index (χ4v) is 1.97. The molecule has 98 valence electrons. The van der Waals surface area contributed by atoms with Gasteiger partial charge in [0, 0.05) is 11.3 Å². The first-order valence-corrected chi connectivity index (χ1v) is 6.36. The van der Waals surface area contributed by atoms with Crippen molar-refractivity contribution in [3.63, 3.8) is 0 Å². The number of rotatable bonds is 2. The van der Waals surface area contributed by atoms with Crippen LogP contribution in [0.2, 0.25) is 5.02 Å². The quantitative estimate of drug-likeness (QED) is 0.844. The van der Waals surface area contributed by atoms with Gasteiger partial charge in [-0.1, -0.05) is 11.6 Å². The average molecular weight is 347 g/mol. The van der Waals surface area contributed by atoms with Crippen molar-refractivity contribution < 1.29 is 13.6 Å². The van der Waals surface area contributed by atoms with E-state index >= 15 is 0 Å². The van der Waals surface area contributed by atoms with E-state index in [0.717, 1.165) is 6.07 Å². The number of nitrogens with one attached hydrogen (secondary N) is 1. The van der Waals surface area contributed by atoms with Crippen molar-refractivity contribution in [3.8, 4) is 0 Å². The third-order valence-electron chi connectivity index (χ3n) is 2.36. The molecule has 0 atom stereocenters. The smallest absolute Gasteiger partial charge is 0.255 e. The van der Waals surface area contributed by atoms with E-state index in [2.05, 4.69) is 21.2 Å². The van der Waals surface area contributed by atoms with E-state index in [1.54, 1.807) is 0 Å². The van der Waals surface area contributed by atoms with E-state index in [1.807, 2.05) is 0 Å². The SMILES string of the molecule is O=C(Nc1ccc(F)c(Cl)c1)c1ccc(F)c(Br)c1. The zero-order valence-electron chi connectivity index (χ0n) is 9.38. The maximum Gasteiger partial charge on any atom is 0.255 e. The Labute approximate surface area is 121 Å². The van der Waals surface area contributed by atoms with Crippen molar-refractivity contribution in [2.24, 2.45) is 0 Å². The highest BCUT2D eigenvalue weighted by atomic mass is 79.9.